The Bertz CT molecular complexity index is 32.6. The third kappa shape index (κ3) is 65.2. The molecule has 0 bridgehead atoms. The van der Waals surface area contributed by atoms with Gasteiger partial charge in [0.25, 0.3) is 0 Å². The summed E-state index contributed by atoms with van der Waals surface area (Å²) >= 11 is -1.60. The van der Waals surface area contributed by atoms with Gasteiger partial charge in [-0.05, 0) is 0 Å². The van der Waals surface area contributed by atoms with Gasteiger partial charge in [-0.2, -0.15) is 0 Å². The van der Waals surface area contributed by atoms with Crippen molar-refractivity contribution in [1.29, 1.82) is 0 Å². The average Bonchev–Trinajstić information content (AvgIpc) is 0.811. The number of hydrogen-bond acceptors (Lipinski definition) is 1. The quantitative estimate of drug-likeness (QED) is 0.525. The van der Waals surface area contributed by atoms with E-state index in [0.29, 0.717) is 0 Å². The number of hydrogen-bond donors (Lipinski definition) is 1. The predicted octanol–water partition coefficient (Wildman–Crippen LogP) is 0.930. The molecular weight excluding hydrogens is 147 g/mol. The molecule has 1 unspecified atom stereocenters. The monoisotopic (exact) mass is 155 g/mol. The van der Waals surface area contributed by atoms with Crippen LogP contribution in [0.1, 0.15) is 7.43 Å². The fourth-order valence-electron chi connectivity index (χ4n) is 0. The number of rotatable bonds is 0. The Morgan fingerprint density at radius 2 is 1.80 bits per heavy atom. The summed E-state index contributed by atoms with van der Waals surface area (Å²) in [6.07, 6.45) is 0. The summed E-state index contributed by atoms with van der Waals surface area (Å²) in [4.78, 5) is 0. The zero-order valence-corrected chi connectivity index (χ0v) is 5.00. The van der Waals surface area contributed by atoms with Crippen molar-refractivity contribution >= 4 is 23.7 Å². The van der Waals surface area contributed by atoms with Gasteiger partial charge in [0.05, 0.1) is 0 Å². The third-order valence-corrected chi connectivity index (χ3v) is 0. The first-order valence-electron chi connectivity index (χ1n) is 0.830. The Balaban J connectivity index is 0. The maximum atomic E-state index is 8.02. The van der Waals surface area contributed by atoms with Crippen LogP contribution in [-0.2, 0) is 0 Å². The summed E-state index contributed by atoms with van der Waals surface area (Å²) in [7, 11) is 4.32. The van der Waals surface area contributed by atoms with E-state index in [0.717, 1.165) is 0 Å². The molecule has 0 spiro atoms. The molecule has 5 heavy (non-hydrogen) atoms. The van der Waals surface area contributed by atoms with E-state index < -0.39 is 13.3 Å². The predicted molar refractivity (Wildman–Crippen MR) is 28.2 cm³/mol. The van der Waals surface area contributed by atoms with Crippen LogP contribution in [0.5, 0.6) is 0 Å². The van der Waals surface area contributed by atoms with Crippen molar-refractivity contribution in [2.75, 3.05) is 0 Å². The second-order valence-electron chi connectivity index (χ2n) is 0.464. The Labute approximate surface area is 41.4 Å². The van der Waals surface area contributed by atoms with E-state index in [-0.39, 0.29) is 7.43 Å². The van der Waals surface area contributed by atoms with Crippen LogP contribution in [0.2, 0.25) is 5.71 Å². The van der Waals surface area contributed by atoms with E-state index >= 15 is 0 Å². The molecule has 1 nitrogen and oxygen atoms in total. The summed E-state index contributed by atoms with van der Waals surface area (Å²) in [6.45, 7) is 0. The van der Waals surface area contributed by atoms with Crippen LogP contribution in [0.3, 0.4) is 0 Å². The topological polar surface area (TPSA) is 20.2 Å². The molecule has 0 fully saturated rings. The minimum absolute atomic E-state index is 0. The molecule has 0 amide bonds. The van der Waals surface area contributed by atoms with Gasteiger partial charge in [-0.3, -0.25) is 0 Å². The standard InChI is InChI=1S/CH4AsOS.CH4/c1-2(3)4;/h1H3,(H,3,4);1H4. The molecule has 1 atom stereocenters. The minimum atomic E-state index is -1.60. The summed E-state index contributed by atoms with van der Waals surface area (Å²) < 4.78 is 8.02. The van der Waals surface area contributed by atoms with Crippen LogP contribution in [0.4, 0.5) is 0 Å². The Hall–Kier alpha value is 0.738. The molecule has 0 aliphatic rings. The first-order valence-corrected chi connectivity index (χ1v) is 6.21. The van der Waals surface area contributed by atoms with Crippen molar-refractivity contribution in [1.82, 2.24) is 0 Å². The van der Waals surface area contributed by atoms with Gasteiger partial charge in [-0.25, -0.2) is 0 Å². The molecule has 0 aromatic heterocycles. The van der Waals surface area contributed by atoms with Crippen LogP contribution in [0.25, 0.3) is 0 Å². The molecule has 0 saturated carbocycles. The molecule has 1 radical (unpaired) electrons. The molecule has 0 aliphatic heterocycles. The molecule has 0 saturated heterocycles. The fourth-order valence-corrected chi connectivity index (χ4v) is 0. The van der Waals surface area contributed by atoms with E-state index in [1.165, 1.54) is 0 Å². The zero-order chi connectivity index (χ0) is 3.58. The summed E-state index contributed by atoms with van der Waals surface area (Å²) in [5.41, 5.74) is 1.68. The van der Waals surface area contributed by atoms with Gasteiger partial charge in [0.15, 0.2) is 0 Å². The average molecular weight is 155 g/mol. The van der Waals surface area contributed by atoms with Gasteiger partial charge in [0, 0.05) is 0 Å². The van der Waals surface area contributed by atoms with Crippen molar-refractivity contribution < 1.29 is 4.10 Å². The van der Waals surface area contributed by atoms with Gasteiger partial charge >= 0.3 is 33.5 Å². The van der Waals surface area contributed by atoms with Gasteiger partial charge in [-0.1, -0.05) is 7.43 Å². The molecule has 1 N–H and O–H groups in total. The van der Waals surface area contributed by atoms with Crippen LogP contribution < -0.4 is 0 Å². The van der Waals surface area contributed by atoms with Crippen molar-refractivity contribution in [3.63, 3.8) is 0 Å². The Morgan fingerprint density at radius 1 is 1.80 bits per heavy atom. The normalized spacial score (nSPS) is 8.80. The van der Waals surface area contributed by atoms with Gasteiger partial charge in [0.2, 0.25) is 0 Å². The summed E-state index contributed by atoms with van der Waals surface area (Å²) in [5, 5.41) is 0. The summed E-state index contributed by atoms with van der Waals surface area (Å²) in [6, 6.07) is 0. The van der Waals surface area contributed by atoms with Crippen molar-refractivity contribution in [3.8, 4) is 0 Å². The van der Waals surface area contributed by atoms with E-state index in [2.05, 4.69) is 10.4 Å². The molecule has 0 rings (SSSR count). The molecule has 3 heteroatoms. The SMILES string of the molecule is C.C[As](O)=S. The van der Waals surface area contributed by atoms with Crippen molar-refractivity contribution in [2.24, 2.45) is 0 Å². The van der Waals surface area contributed by atoms with E-state index in [1.54, 1.807) is 5.71 Å². The first-order chi connectivity index (χ1) is 1.73. The Morgan fingerprint density at radius 3 is 1.80 bits per heavy atom. The van der Waals surface area contributed by atoms with Gasteiger partial charge in [-0.15, -0.1) is 0 Å². The molecule has 0 aromatic rings. The van der Waals surface area contributed by atoms with E-state index in [1.807, 2.05) is 0 Å². The molecule has 0 aromatic carbocycles. The second-order valence-corrected chi connectivity index (χ2v) is 5.16. The second kappa shape index (κ2) is 4.74. The van der Waals surface area contributed by atoms with Crippen LogP contribution >= 0.6 is 10.4 Å². The van der Waals surface area contributed by atoms with E-state index in [4.69, 9.17) is 4.10 Å². The molecule has 33 valence electrons. The van der Waals surface area contributed by atoms with Crippen molar-refractivity contribution in [3.05, 3.63) is 0 Å². The fraction of sp³-hybridized carbons (Fsp3) is 1.00. The maximum absolute atomic E-state index is 8.02. The zero-order valence-electron chi connectivity index (χ0n) is 2.30. The Kier molecular flexibility index (Phi) is 8.74. The van der Waals surface area contributed by atoms with Crippen LogP contribution in [-0.4, -0.2) is 17.4 Å². The van der Waals surface area contributed by atoms with Crippen molar-refractivity contribution in [2.45, 2.75) is 13.1 Å². The molecular formula is C2H8AsOS. The molecule has 0 heterocycles. The third-order valence-electron chi connectivity index (χ3n) is 0. The first kappa shape index (κ1) is 9.22. The van der Waals surface area contributed by atoms with Gasteiger partial charge < -0.3 is 0 Å². The van der Waals surface area contributed by atoms with E-state index in [9.17, 15) is 0 Å². The summed E-state index contributed by atoms with van der Waals surface area (Å²) in [5.74, 6) is 0. The van der Waals surface area contributed by atoms with Crippen LogP contribution in [0.15, 0.2) is 0 Å². The molecule has 0 aliphatic carbocycles. The van der Waals surface area contributed by atoms with Crippen LogP contribution in [0, 0.1) is 0 Å². The van der Waals surface area contributed by atoms with Gasteiger partial charge in [0.1, 0.15) is 0 Å².